The number of carbonyl (C=O) groups is 1. The van der Waals surface area contributed by atoms with Gasteiger partial charge >= 0.3 is 0 Å². The number of aliphatic hydroxyl groups is 2. The molecule has 35 heavy (non-hydrogen) atoms. The Morgan fingerprint density at radius 3 is 2.60 bits per heavy atom. The number of benzene rings is 1. The highest BCUT2D eigenvalue weighted by atomic mass is 19.1. The van der Waals surface area contributed by atoms with Gasteiger partial charge < -0.3 is 25.0 Å². The highest BCUT2D eigenvalue weighted by Gasteiger charge is 2.38. The number of aliphatic hydroxyl groups excluding tert-OH is 2. The molecule has 1 saturated heterocycles. The molecule has 0 saturated carbocycles. The topological polar surface area (TPSA) is 114 Å². The molecule has 184 valence electrons. The fraction of sp³-hybridized carbons (Fsp3) is 0.292. The molecule has 0 aliphatic carbocycles. The normalized spacial score (nSPS) is 22.1. The van der Waals surface area contributed by atoms with Gasteiger partial charge in [0, 0.05) is 25.3 Å². The molecule has 0 bridgehead atoms. The number of rotatable bonds is 6. The lowest BCUT2D eigenvalue weighted by atomic mass is 9.93. The lowest BCUT2D eigenvalue weighted by molar-refractivity contribution is -0.184. The summed E-state index contributed by atoms with van der Waals surface area (Å²) in [6.07, 6.45) is -0.903. The van der Waals surface area contributed by atoms with Gasteiger partial charge in [-0.25, -0.2) is 18.2 Å². The quantitative estimate of drug-likeness (QED) is 0.488. The standard InChI is InChI=1S/C24H22F3N3O5/c1-34-11-20-23(32)18(31)9-19(35-20)12-7-8-28-10-17(12)30-24(33)16-6-5-15(27)22(29-16)21-13(25)3-2-4-14(21)26/h2-8,10,18-20,23,31-32H,9,11H2,1H3,(H,30,33)/t18-,19-,20-,23+/m1/s1. The zero-order valence-corrected chi connectivity index (χ0v) is 18.5. The SMILES string of the molecule is COC[C@H]1O[C@@H](c2ccncc2NC(=O)c2ccc(F)c(-c3c(F)cccc3F)n2)C[C@@H](O)[C@@H]1O. The first-order chi connectivity index (χ1) is 16.8. The van der Waals surface area contributed by atoms with Crippen LogP contribution in [0.5, 0.6) is 0 Å². The molecule has 3 N–H and O–H groups in total. The third kappa shape index (κ3) is 5.17. The average Bonchev–Trinajstić information content (AvgIpc) is 2.83. The van der Waals surface area contributed by atoms with Crippen LogP contribution in [-0.4, -0.2) is 58.1 Å². The van der Waals surface area contributed by atoms with Crippen LogP contribution in [0.15, 0.2) is 48.8 Å². The number of hydrogen-bond donors (Lipinski definition) is 3. The fourth-order valence-corrected chi connectivity index (χ4v) is 3.90. The molecule has 2 aromatic heterocycles. The van der Waals surface area contributed by atoms with Crippen molar-refractivity contribution in [3.05, 3.63) is 77.5 Å². The fourth-order valence-electron chi connectivity index (χ4n) is 3.90. The minimum atomic E-state index is -1.15. The maximum atomic E-state index is 14.4. The van der Waals surface area contributed by atoms with E-state index in [1.165, 1.54) is 19.5 Å². The molecule has 1 fully saturated rings. The molecular weight excluding hydrogens is 467 g/mol. The molecule has 4 rings (SSSR count). The summed E-state index contributed by atoms with van der Waals surface area (Å²) in [5.74, 6) is -3.84. The van der Waals surface area contributed by atoms with Crippen molar-refractivity contribution >= 4 is 11.6 Å². The second-order valence-corrected chi connectivity index (χ2v) is 7.95. The van der Waals surface area contributed by atoms with Gasteiger partial charge in [-0.3, -0.25) is 9.78 Å². The number of nitrogens with zero attached hydrogens (tertiary/aromatic N) is 2. The molecule has 3 aromatic rings. The van der Waals surface area contributed by atoms with E-state index < -0.39 is 59.0 Å². The highest BCUT2D eigenvalue weighted by molar-refractivity contribution is 6.03. The van der Waals surface area contributed by atoms with Crippen molar-refractivity contribution in [2.24, 2.45) is 0 Å². The molecule has 1 aliphatic rings. The van der Waals surface area contributed by atoms with Gasteiger partial charge in [-0.15, -0.1) is 0 Å². The van der Waals surface area contributed by atoms with Crippen LogP contribution in [0.1, 0.15) is 28.6 Å². The number of nitrogens with one attached hydrogen (secondary N) is 1. The second-order valence-electron chi connectivity index (χ2n) is 7.95. The predicted octanol–water partition coefficient (Wildman–Crippen LogP) is 3.01. The molecule has 3 heterocycles. The number of methoxy groups -OCH3 is 1. The summed E-state index contributed by atoms with van der Waals surface area (Å²) in [4.78, 5) is 20.8. The molecule has 8 nitrogen and oxygen atoms in total. The van der Waals surface area contributed by atoms with Crippen LogP contribution in [0.3, 0.4) is 0 Å². The van der Waals surface area contributed by atoms with E-state index in [1.807, 2.05) is 0 Å². The molecular formula is C24H22F3N3O5. The van der Waals surface area contributed by atoms with Crippen molar-refractivity contribution in [2.75, 3.05) is 19.0 Å². The van der Waals surface area contributed by atoms with Gasteiger partial charge in [0.25, 0.3) is 5.91 Å². The van der Waals surface area contributed by atoms with E-state index in [0.717, 1.165) is 30.3 Å². The minimum absolute atomic E-state index is 0.0381. The van der Waals surface area contributed by atoms with Crippen molar-refractivity contribution in [1.29, 1.82) is 0 Å². The Morgan fingerprint density at radius 1 is 1.14 bits per heavy atom. The zero-order chi connectivity index (χ0) is 25.1. The molecule has 0 radical (unpaired) electrons. The lowest BCUT2D eigenvalue weighted by Gasteiger charge is -2.37. The zero-order valence-electron chi connectivity index (χ0n) is 18.5. The van der Waals surface area contributed by atoms with Gasteiger partial charge in [-0.1, -0.05) is 6.07 Å². The smallest absolute Gasteiger partial charge is 0.274 e. The van der Waals surface area contributed by atoms with Crippen LogP contribution < -0.4 is 5.32 Å². The first-order valence-electron chi connectivity index (χ1n) is 10.7. The lowest BCUT2D eigenvalue weighted by Crippen LogP contribution is -2.47. The summed E-state index contributed by atoms with van der Waals surface area (Å²) in [5, 5.41) is 23.0. The molecule has 1 aliphatic heterocycles. The Hall–Kier alpha value is -3.38. The van der Waals surface area contributed by atoms with Crippen molar-refractivity contribution < 1.29 is 37.7 Å². The van der Waals surface area contributed by atoms with Crippen molar-refractivity contribution in [3.63, 3.8) is 0 Å². The third-order valence-corrected chi connectivity index (χ3v) is 5.63. The van der Waals surface area contributed by atoms with Crippen LogP contribution in [0.2, 0.25) is 0 Å². The van der Waals surface area contributed by atoms with Crippen LogP contribution in [0.25, 0.3) is 11.3 Å². The van der Waals surface area contributed by atoms with Crippen molar-refractivity contribution in [3.8, 4) is 11.3 Å². The number of aromatic nitrogens is 2. The Bertz CT molecular complexity index is 1210. The largest absolute Gasteiger partial charge is 0.390 e. The minimum Gasteiger partial charge on any atom is -0.390 e. The van der Waals surface area contributed by atoms with Gasteiger partial charge in [0.1, 0.15) is 41.0 Å². The first-order valence-corrected chi connectivity index (χ1v) is 10.7. The van der Waals surface area contributed by atoms with Crippen molar-refractivity contribution in [1.82, 2.24) is 9.97 Å². The van der Waals surface area contributed by atoms with Crippen LogP contribution >= 0.6 is 0 Å². The summed E-state index contributed by atoms with van der Waals surface area (Å²) in [6.45, 7) is 0.0381. The second kappa shape index (κ2) is 10.5. The molecule has 1 aromatic carbocycles. The van der Waals surface area contributed by atoms with Gasteiger partial charge in [-0.05, 0) is 30.3 Å². The Morgan fingerprint density at radius 2 is 1.89 bits per heavy atom. The molecule has 0 unspecified atom stereocenters. The van der Waals surface area contributed by atoms with Crippen LogP contribution in [-0.2, 0) is 9.47 Å². The predicted molar refractivity (Wildman–Crippen MR) is 118 cm³/mol. The van der Waals surface area contributed by atoms with Crippen LogP contribution in [0, 0.1) is 17.5 Å². The highest BCUT2D eigenvalue weighted by Crippen LogP contribution is 2.35. The van der Waals surface area contributed by atoms with E-state index in [2.05, 4.69) is 15.3 Å². The molecule has 11 heteroatoms. The molecule has 1 amide bonds. The van der Waals surface area contributed by atoms with Gasteiger partial charge in [0.05, 0.1) is 36.3 Å². The van der Waals surface area contributed by atoms with Crippen LogP contribution in [0.4, 0.5) is 18.9 Å². The van der Waals surface area contributed by atoms with Gasteiger partial charge in [0.2, 0.25) is 0 Å². The Kier molecular flexibility index (Phi) is 7.41. The number of pyridine rings is 2. The number of carbonyl (C=O) groups excluding carboxylic acids is 1. The Balaban J connectivity index is 1.62. The number of halogens is 3. The van der Waals surface area contributed by atoms with Crippen molar-refractivity contribution in [2.45, 2.75) is 30.8 Å². The summed E-state index contributed by atoms with van der Waals surface area (Å²) < 4.78 is 53.7. The number of anilines is 1. The summed E-state index contributed by atoms with van der Waals surface area (Å²) in [6, 6.07) is 6.60. The molecule has 4 atom stereocenters. The average molecular weight is 489 g/mol. The molecule has 0 spiro atoms. The van der Waals surface area contributed by atoms with Gasteiger partial charge in [0.15, 0.2) is 0 Å². The third-order valence-electron chi connectivity index (χ3n) is 5.63. The van der Waals surface area contributed by atoms with E-state index in [9.17, 15) is 28.2 Å². The maximum Gasteiger partial charge on any atom is 0.274 e. The maximum absolute atomic E-state index is 14.4. The number of amides is 1. The summed E-state index contributed by atoms with van der Waals surface area (Å²) in [7, 11) is 1.43. The Labute approximate surface area is 198 Å². The van der Waals surface area contributed by atoms with E-state index >= 15 is 0 Å². The monoisotopic (exact) mass is 489 g/mol. The van der Waals surface area contributed by atoms with E-state index in [-0.39, 0.29) is 24.4 Å². The van der Waals surface area contributed by atoms with E-state index in [1.54, 1.807) is 6.07 Å². The summed E-state index contributed by atoms with van der Waals surface area (Å²) >= 11 is 0. The van der Waals surface area contributed by atoms with E-state index in [4.69, 9.17) is 9.47 Å². The van der Waals surface area contributed by atoms with Gasteiger partial charge in [-0.2, -0.15) is 0 Å². The number of ether oxygens (including phenoxy) is 2. The first kappa shape index (κ1) is 24.7. The number of hydrogen-bond acceptors (Lipinski definition) is 7. The summed E-state index contributed by atoms with van der Waals surface area (Å²) in [5.41, 5.74) is -0.949. The van der Waals surface area contributed by atoms with E-state index in [0.29, 0.717) is 5.56 Å².